The Bertz CT molecular complexity index is 501. The fraction of sp³-hybridized carbons (Fsp3) is 0.455. The summed E-state index contributed by atoms with van der Waals surface area (Å²) in [6, 6.07) is 5.16. The van der Waals surface area contributed by atoms with Crippen LogP contribution in [-0.4, -0.2) is 19.2 Å². The minimum atomic E-state index is -3.16. The van der Waals surface area contributed by atoms with Gasteiger partial charge >= 0.3 is 0 Å². The molecule has 1 aromatic heterocycles. The number of hydrogen-bond acceptors (Lipinski definition) is 4. The van der Waals surface area contributed by atoms with Gasteiger partial charge in [0.1, 0.15) is 11.8 Å². The second kappa shape index (κ2) is 5.08. The van der Waals surface area contributed by atoms with Crippen molar-refractivity contribution < 1.29 is 8.42 Å². The predicted molar refractivity (Wildman–Crippen MR) is 61.3 cm³/mol. The Morgan fingerprint density at radius 1 is 1.50 bits per heavy atom. The molecule has 0 bridgehead atoms. The van der Waals surface area contributed by atoms with Crippen LogP contribution in [0, 0.1) is 17.2 Å². The predicted octanol–water partition coefficient (Wildman–Crippen LogP) is 1.52. The Balaban J connectivity index is 2.93. The van der Waals surface area contributed by atoms with Crippen LogP contribution in [0.1, 0.15) is 25.1 Å². The van der Waals surface area contributed by atoms with E-state index in [-0.39, 0.29) is 23.1 Å². The van der Waals surface area contributed by atoms with Crippen molar-refractivity contribution in [2.45, 2.75) is 19.6 Å². The largest absolute Gasteiger partial charge is 0.245 e. The summed E-state index contributed by atoms with van der Waals surface area (Å²) in [5, 5.41) is 8.79. The Morgan fingerprint density at radius 2 is 2.19 bits per heavy atom. The van der Waals surface area contributed by atoms with Crippen LogP contribution in [0.2, 0.25) is 0 Å². The molecule has 0 radical (unpaired) electrons. The molecule has 0 aromatic carbocycles. The zero-order valence-corrected chi connectivity index (χ0v) is 10.2. The molecule has 0 amide bonds. The van der Waals surface area contributed by atoms with Crippen molar-refractivity contribution >= 4 is 9.84 Å². The Morgan fingerprint density at radius 3 is 2.75 bits per heavy atom. The summed E-state index contributed by atoms with van der Waals surface area (Å²) in [5.74, 6) is 0.113. The molecule has 1 heterocycles. The second-order valence-electron chi connectivity index (χ2n) is 4.07. The van der Waals surface area contributed by atoms with Gasteiger partial charge in [-0.25, -0.2) is 13.4 Å². The molecular weight excluding hydrogens is 224 g/mol. The van der Waals surface area contributed by atoms with E-state index in [0.29, 0.717) is 5.56 Å². The number of nitrogens with zero attached hydrogens (tertiary/aromatic N) is 2. The molecule has 0 saturated heterocycles. The number of pyridine rings is 1. The highest BCUT2D eigenvalue weighted by molar-refractivity contribution is 7.90. The van der Waals surface area contributed by atoms with Gasteiger partial charge in [0.25, 0.3) is 0 Å². The first kappa shape index (κ1) is 12.7. The van der Waals surface area contributed by atoms with E-state index >= 15 is 0 Å². The van der Waals surface area contributed by atoms with Crippen LogP contribution in [-0.2, 0) is 15.6 Å². The van der Waals surface area contributed by atoms with E-state index in [4.69, 9.17) is 5.26 Å². The van der Waals surface area contributed by atoms with Crippen molar-refractivity contribution in [3.8, 4) is 6.07 Å². The zero-order valence-electron chi connectivity index (χ0n) is 9.34. The zero-order chi connectivity index (χ0) is 12.2. The highest BCUT2D eigenvalue weighted by Crippen LogP contribution is 2.12. The fourth-order valence-corrected chi connectivity index (χ4v) is 3.30. The van der Waals surface area contributed by atoms with E-state index in [1.165, 1.54) is 6.20 Å². The molecule has 86 valence electrons. The van der Waals surface area contributed by atoms with E-state index in [0.717, 1.165) is 0 Å². The fourth-order valence-electron chi connectivity index (χ4n) is 1.46. The van der Waals surface area contributed by atoms with E-state index in [9.17, 15) is 8.42 Å². The summed E-state index contributed by atoms with van der Waals surface area (Å²) in [6.07, 6.45) is 1.48. The van der Waals surface area contributed by atoms with E-state index in [1.54, 1.807) is 12.1 Å². The standard InChI is InChI=1S/C11H14N2O2S/c1-9(2)7-16(14,15)8-10-4-3-5-13-11(10)6-12/h3-5,9H,7-8H2,1-2H3. The Hall–Kier alpha value is -1.41. The first-order valence-electron chi connectivity index (χ1n) is 4.99. The number of aromatic nitrogens is 1. The van der Waals surface area contributed by atoms with Crippen LogP contribution in [0.25, 0.3) is 0 Å². The molecule has 16 heavy (non-hydrogen) atoms. The van der Waals surface area contributed by atoms with Crippen LogP contribution in [0.15, 0.2) is 18.3 Å². The quantitative estimate of drug-likeness (QED) is 0.797. The van der Waals surface area contributed by atoms with Crippen LogP contribution in [0.5, 0.6) is 0 Å². The normalized spacial score (nSPS) is 11.4. The molecule has 1 rings (SSSR count). The van der Waals surface area contributed by atoms with Crippen molar-refractivity contribution in [3.63, 3.8) is 0 Å². The minimum absolute atomic E-state index is 0.0900. The number of nitriles is 1. The van der Waals surface area contributed by atoms with Crippen LogP contribution in [0.4, 0.5) is 0 Å². The molecule has 0 aliphatic heterocycles. The van der Waals surface area contributed by atoms with Crippen LogP contribution < -0.4 is 0 Å². The Kier molecular flexibility index (Phi) is 4.02. The molecular formula is C11H14N2O2S. The highest BCUT2D eigenvalue weighted by Gasteiger charge is 2.16. The monoisotopic (exact) mass is 238 g/mol. The van der Waals surface area contributed by atoms with Gasteiger partial charge in [0.05, 0.1) is 11.5 Å². The van der Waals surface area contributed by atoms with Gasteiger partial charge in [-0.05, 0) is 12.0 Å². The van der Waals surface area contributed by atoms with E-state index in [1.807, 2.05) is 19.9 Å². The SMILES string of the molecule is CC(C)CS(=O)(=O)Cc1cccnc1C#N. The van der Waals surface area contributed by atoms with Gasteiger partial charge in [-0.3, -0.25) is 0 Å². The summed E-state index contributed by atoms with van der Waals surface area (Å²) in [5.41, 5.74) is 0.667. The summed E-state index contributed by atoms with van der Waals surface area (Å²) < 4.78 is 23.5. The summed E-state index contributed by atoms with van der Waals surface area (Å²) >= 11 is 0. The topological polar surface area (TPSA) is 70.8 Å². The number of sulfone groups is 1. The summed E-state index contributed by atoms with van der Waals surface area (Å²) in [7, 11) is -3.16. The molecule has 0 fully saturated rings. The van der Waals surface area contributed by atoms with Crippen molar-refractivity contribution in [2.75, 3.05) is 5.75 Å². The first-order valence-corrected chi connectivity index (χ1v) is 6.81. The third-order valence-electron chi connectivity index (χ3n) is 1.96. The number of rotatable bonds is 4. The van der Waals surface area contributed by atoms with Crippen LogP contribution in [0.3, 0.4) is 0 Å². The molecule has 5 heteroatoms. The lowest BCUT2D eigenvalue weighted by Gasteiger charge is -2.07. The molecule has 0 aliphatic carbocycles. The lowest BCUT2D eigenvalue weighted by atomic mass is 10.2. The molecule has 0 atom stereocenters. The smallest absolute Gasteiger partial charge is 0.154 e. The molecule has 4 nitrogen and oxygen atoms in total. The van der Waals surface area contributed by atoms with Gasteiger partial charge in [0.2, 0.25) is 0 Å². The average molecular weight is 238 g/mol. The minimum Gasteiger partial charge on any atom is -0.245 e. The van der Waals surface area contributed by atoms with Crippen molar-refractivity contribution in [2.24, 2.45) is 5.92 Å². The first-order chi connectivity index (χ1) is 7.44. The van der Waals surface area contributed by atoms with E-state index in [2.05, 4.69) is 4.98 Å². The van der Waals surface area contributed by atoms with Crippen molar-refractivity contribution in [3.05, 3.63) is 29.6 Å². The summed E-state index contributed by atoms with van der Waals surface area (Å²) in [4.78, 5) is 3.83. The maximum Gasteiger partial charge on any atom is 0.154 e. The van der Waals surface area contributed by atoms with E-state index < -0.39 is 9.84 Å². The van der Waals surface area contributed by atoms with Gasteiger partial charge in [-0.2, -0.15) is 5.26 Å². The van der Waals surface area contributed by atoms with Gasteiger partial charge in [-0.15, -0.1) is 0 Å². The third-order valence-corrected chi connectivity index (χ3v) is 3.89. The van der Waals surface area contributed by atoms with Gasteiger partial charge in [-0.1, -0.05) is 19.9 Å². The third kappa shape index (κ3) is 3.63. The maximum absolute atomic E-state index is 11.7. The molecule has 0 unspecified atom stereocenters. The molecule has 1 aromatic rings. The van der Waals surface area contributed by atoms with Crippen molar-refractivity contribution in [1.82, 2.24) is 4.98 Å². The number of hydrogen-bond donors (Lipinski definition) is 0. The average Bonchev–Trinajstić information content (AvgIpc) is 2.15. The maximum atomic E-state index is 11.7. The van der Waals surface area contributed by atoms with Gasteiger partial charge in [0.15, 0.2) is 9.84 Å². The van der Waals surface area contributed by atoms with Crippen molar-refractivity contribution in [1.29, 1.82) is 5.26 Å². The van der Waals surface area contributed by atoms with Gasteiger partial charge < -0.3 is 0 Å². The molecule has 0 N–H and O–H groups in total. The van der Waals surface area contributed by atoms with Gasteiger partial charge in [0, 0.05) is 11.8 Å². The lowest BCUT2D eigenvalue weighted by molar-refractivity contribution is 0.581. The second-order valence-corrected chi connectivity index (χ2v) is 6.18. The Labute approximate surface area is 95.9 Å². The summed E-state index contributed by atoms with van der Waals surface area (Å²) in [6.45, 7) is 3.71. The molecule has 0 spiro atoms. The van der Waals surface area contributed by atoms with Crippen LogP contribution >= 0.6 is 0 Å². The highest BCUT2D eigenvalue weighted by atomic mass is 32.2. The molecule has 0 saturated carbocycles. The lowest BCUT2D eigenvalue weighted by Crippen LogP contribution is -2.14. The molecule has 0 aliphatic rings.